The van der Waals surface area contributed by atoms with Gasteiger partial charge < -0.3 is 54.3 Å². The summed E-state index contributed by atoms with van der Waals surface area (Å²) in [7, 11) is 1.22. The summed E-state index contributed by atoms with van der Waals surface area (Å²) in [5.41, 5.74) is -1.59. The van der Waals surface area contributed by atoms with Gasteiger partial charge in [-0.25, -0.2) is 9.79 Å². The Morgan fingerprint density at radius 3 is 2.49 bits per heavy atom. The van der Waals surface area contributed by atoms with Gasteiger partial charge in [-0.05, 0) is 43.4 Å². The van der Waals surface area contributed by atoms with Crippen LogP contribution >= 0.6 is 0 Å². The lowest BCUT2D eigenvalue weighted by molar-refractivity contribution is -0.303. The first-order valence-electron chi connectivity index (χ1n) is 14.5. The number of aliphatic carboxylic acids is 1. The molecule has 2 aromatic rings. The molecular formula is C31H34N2O12. The molecule has 0 amide bonds. The number of aliphatic imine (C=N–C) groups is 2. The molecule has 6 rings (SSSR count). The largest absolute Gasteiger partial charge is 0.507 e. The fourth-order valence-corrected chi connectivity index (χ4v) is 6.09. The van der Waals surface area contributed by atoms with Gasteiger partial charge in [-0.15, -0.1) is 0 Å². The van der Waals surface area contributed by atoms with Crippen LogP contribution in [0.5, 0.6) is 28.7 Å². The Hall–Kier alpha value is -4.37. The molecule has 1 aliphatic carbocycles. The van der Waals surface area contributed by atoms with Crippen LogP contribution in [0.2, 0.25) is 0 Å². The molecule has 1 unspecified atom stereocenters. The molecule has 0 aromatic heterocycles. The number of hydrogen-bond acceptors (Lipinski definition) is 13. The van der Waals surface area contributed by atoms with E-state index in [-0.39, 0.29) is 46.9 Å². The van der Waals surface area contributed by atoms with Crippen molar-refractivity contribution in [3.63, 3.8) is 0 Å². The Morgan fingerprint density at radius 1 is 1.11 bits per heavy atom. The maximum atomic E-state index is 12.1. The van der Waals surface area contributed by atoms with Gasteiger partial charge in [-0.1, -0.05) is 12.1 Å². The minimum Gasteiger partial charge on any atom is -0.507 e. The van der Waals surface area contributed by atoms with Crippen molar-refractivity contribution in [1.29, 1.82) is 0 Å². The number of phenolic OH excluding ortho intramolecular Hbond substituents is 1. The van der Waals surface area contributed by atoms with Crippen LogP contribution in [0.4, 0.5) is 0 Å². The fraction of sp³-hybridized carbons (Fsp3) is 0.452. The zero-order valence-corrected chi connectivity index (χ0v) is 24.3. The first kappa shape index (κ1) is 30.6. The number of benzene rings is 2. The molecule has 0 bridgehead atoms. The molecule has 0 spiro atoms. The molecule has 14 nitrogen and oxygen atoms in total. The number of methoxy groups -OCH3 is 1. The van der Waals surface area contributed by atoms with Gasteiger partial charge in [0, 0.05) is 24.3 Å². The van der Waals surface area contributed by atoms with E-state index in [4.69, 9.17) is 23.7 Å². The molecule has 2 aromatic carbocycles. The smallest absolute Gasteiger partial charge is 0.336 e. The van der Waals surface area contributed by atoms with Crippen LogP contribution in [0.3, 0.4) is 0 Å². The average Bonchev–Trinajstić information content (AvgIpc) is 3.72. The maximum absolute atomic E-state index is 12.1. The third kappa shape index (κ3) is 5.77. The van der Waals surface area contributed by atoms with Crippen LogP contribution in [-0.4, -0.2) is 98.6 Å². The summed E-state index contributed by atoms with van der Waals surface area (Å²) < 4.78 is 28.7. The van der Waals surface area contributed by atoms with E-state index in [0.717, 1.165) is 31.4 Å². The second kappa shape index (κ2) is 12.2. The molecule has 45 heavy (non-hydrogen) atoms. The maximum Gasteiger partial charge on any atom is 0.336 e. The number of phenols is 1. The SMILES string of the molecule is COc1c(O[C@@H]2O[C@H](C(=O)O)[C@](O)(CC3=NC=NC3)[C@@H](O)[C@H]2O)cc2c(c1O)C(O)=CC(c1ccc(OC3CCCC3)cc1)O2. The normalized spacial score (nSPS) is 29.4. The van der Waals surface area contributed by atoms with Gasteiger partial charge >= 0.3 is 5.97 Å². The lowest BCUT2D eigenvalue weighted by Gasteiger charge is -2.46. The second-order valence-electron chi connectivity index (χ2n) is 11.4. The lowest BCUT2D eigenvalue weighted by atomic mass is 9.80. The van der Waals surface area contributed by atoms with Gasteiger partial charge in [0.1, 0.15) is 53.1 Å². The molecule has 240 valence electrons. The van der Waals surface area contributed by atoms with Crippen LogP contribution in [-0.2, 0) is 9.53 Å². The molecule has 6 N–H and O–H groups in total. The van der Waals surface area contributed by atoms with Crippen LogP contribution in [0, 0.1) is 0 Å². The summed E-state index contributed by atoms with van der Waals surface area (Å²) in [6.07, 6.45) is -1.94. The fourth-order valence-electron chi connectivity index (χ4n) is 6.09. The van der Waals surface area contributed by atoms with Crippen LogP contribution in [0.25, 0.3) is 5.76 Å². The highest BCUT2D eigenvalue weighted by Gasteiger charge is 2.59. The van der Waals surface area contributed by atoms with Crippen molar-refractivity contribution >= 4 is 23.8 Å². The van der Waals surface area contributed by atoms with Crippen molar-refractivity contribution < 1.29 is 59.1 Å². The van der Waals surface area contributed by atoms with Crippen LogP contribution in [0.15, 0.2) is 46.4 Å². The molecule has 4 aliphatic rings. The van der Waals surface area contributed by atoms with E-state index in [9.17, 15) is 35.4 Å². The summed E-state index contributed by atoms with van der Waals surface area (Å²) in [5, 5.41) is 64.8. The molecular weight excluding hydrogens is 592 g/mol. The monoisotopic (exact) mass is 626 g/mol. The predicted octanol–water partition coefficient (Wildman–Crippen LogP) is 2.27. The number of nitrogens with zero attached hydrogens (tertiary/aromatic N) is 2. The number of carbonyl (C=O) groups is 1. The number of aliphatic hydroxyl groups is 4. The highest BCUT2D eigenvalue weighted by molar-refractivity contribution is 5.97. The van der Waals surface area contributed by atoms with Crippen LogP contribution in [0.1, 0.15) is 49.3 Å². The topological polar surface area (TPSA) is 209 Å². The first-order valence-corrected chi connectivity index (χ1v) is 14.5. The number of rotatable bonds is 9. The van der Waals surface area contributed by atoms with Gasteiger partial charge in [0.05, 0.1) is 19.8 Å². The highest BCUT2D eigenvalue weighted by atomic mass is 16.7. The van der Waals surface area contributed by atoms with Gasteiger partial charge in [0.25, 0.3) is 0 Å². The van der Waals surface area contributed by atoms with E-state index in [1.807, 2.05) is 12.1 Å². The van der Waals surface area contributed by atoms with Gasteiger partial charge in [-0.2, -0.15) is 0 Å². The van der Waals surface area contributed by atoms with E-state index in [1.54, 1.807) is 12.1 Å². The number of carboxylic acid groups (broad SMARTS) is 1. The van der Waals surface area contributed by atoms with Crippen LogP contribution < -0.4 is 18.9 Å². The third-order valence-corrected chi connectivity index (χ3v) is 8.41. The Labute approximate surface area is 257 Å². The Morgan fingerprint density at radius 2 is 1.84 bits per heavy atom. The Bertz CT molecular complexity index is 1530. The van der Waals surface area contributed by atoms with Crippen molar-refractivity contribution in [3.8, 4) is 28.7 Å². The minimum absolute atomic E-state index is 0.0176. The van der Waals surface area contributed by atoms with Crippen molar-refractivity contribution in [3.05, 3.63) is 47.5 Å². The molecule has 1 saturated carbocycles. The number of aromatic hydroxyl groups is 1. The van der Waals surface area contributed by atoms with Crippen molar-refractivity contribution in [1.82, 2.24) is 0 Å². The number of ether oxygens (including phenoxy) is 5. The first-order chi connectivity index (χ1) is 21.6. The number of aliphatic hydroxyl groups excluding tert-OH is 3. The summed E-state index contributed by atoms with van der Waals surface area (Å²) in [4.78, 5) is 20.0. The number of fused-ring (bicyclic) bond motifs is 1. The van der Waals surface area contributed by atoms with E-state index >= 15 is 0 Å². The third-order valence-electron chi connectivity index (χ3n) is 8.41. The molecule has 3 heterocycles. The zero-order valence-electron chi connectivity index (χ0n) is 24.3. The van der Waals surface area contributed by atoms with Gasteiger partial charge in [-0.3, -0.25) is 4.99 Å². The summed E-state index contributed by atoms with van der Waals surface area (Å²) in [5.74, 6) is -2.34. The van der Waals surface area contributed by atoms with Crippen molar-refractivity contribution in [2.45, 2.75) is 74.5 Å². The summed E-state index contributed by atoms with van der Waals surface area (Å²) >= 11 is 0. The summed E-state index contributed by atoms with van der Waals surface area (Å²) in [6.45, 7) is 0.0870. The van der Waals surface area contributed by atoms with Gasteiger partial charge in [0.15, 0.2) is 17.6 Å². The van der Waals surface area contributed by atoms with E-state index < -0.39 is 54.4 Å². The standard InChI is InChI=1S/C31H34N2O12/c1-41-26-22(44-30-25(36)27(37)31(40,28(45-30)29(38)39)12-16-13-32-14-33-16)11-21-23(24(26)35)19(34)10-20(43-21)15-6-8-18(9-7-15)42-17-4-2-3-5-17/h6-11,14,17,20,25,27-28,30,34-37,40H,2-5,12-13H2,1H3,(H,38,39)/t20?,25-,27+,28-,30-,31+/m1/s1. The Balaban J connectivity index is 1.25. The molecule has 6 atom stereocenters. The Kier molecular flexibility index (Phi) is 8.31. The lowest BCUT2D eigenvalue weighted by Crippen LogP contribution is -2.69. The predicted molar refractivity (Wildman–Crippen MR) is 157 cm³/mol. The number of hydrogen-bond donors (Lipinski definition) is 6. The molecule has 0 radical (unpaired) electrons. The highest BCUT2D eigenvalue weighted by Crippen LogP contribution is 2.51. The molecule has 14 heteroatoms. The quantitative estimate of drug-likeness (QED) is 0.237. The molecule has 3 aliphatic heterocycles. The minimum atomic E-state index is -2.47. The zero-order chi connectivity index (χ0) is 31.9. The molecule has 2 fully saturated rings. The number of carboxylic acids is 1. The second-order valence-corrected chi connectivity index (χ2v) is 11.4. The average molecular weight is 627 g/mol. The van der Waals surface area contributed by atoms with E-state index in [1.165, 1.54) is 25.6 Å². The summed E-state index contributed by atoms with van der Waals surface area (Å²) in [6, 6.07) is 8.50. The van der Waals surface area contributed by atoms with Gasteiger partial charge in [0.2, 0.25) is 12.0 Å². The van der Waals surface area contributed by atoms with E-state index in [0.29, 0.717) is 5.56 Å². The van der Waals surface area contributed by atoms with Crippen molar-refractivity contribution in [2.75, 3.05) is 13.7 Å². The van der Waals surface area contributed by atoms with E-state index in [2.05, 4.69) is 9.98 Å². The molecule has 1 saturated heterocycles. The van der Waals surface area contributed by atoms with Crippen molar-refractivity contribution in [2.24, 2.45) is 9.98 Å².